The third-order valence-corrected chi connectivity index (χ3v) is 13.2. The Balaban J connectivity index is 1.10. The van der Waals surface area contributed by atoms with Crippen LogP contribution in [0.15, 0.2) is 188 Å². The number of para-hydroxylation sites is 4. The minimum absolute atomic E-state index is 0.0652. The number of fused-ring (bicyclic) bond motifs is 17. The molecule has 0 saturated carbocycles. The summed E-state index contributed by atoms with van der Waals surface area (Å²) in [6, 6.07) is 60.6. The number of hydrogen-bond acceptors (Lipinski definition) is 5. The molecule has 13 aromatic rings. The van der Waals surface area contributed by atoms with Crippen LogP contribution in [0.5, 0.6) is 0 Å². The minimum atomic E-state index is -0.0652. The summed E-state index contributed by atoms with van der Waals surface area (Å²) in [4.78, 5) is 2.48. The molecule has 60 heavy (non-hydrogen) atoms. The molecule has 0 bridgehead atoms. The molecule has 0 spiro atoms. The summed E-state index contributed by atoms with van der Waals surface area (Å²) in [5.41, 5.74) is 18.8. The van der Waals surface area contributed by atoms with Gasteiger partial charge in [-0.3, -0.25) is 0 Å². The predicted molar refractivity (Wildman–Crippen MR) is 246 cm³/mol. The van der Waals surface area contributed by atoms with E-state index < -0.39 is 0 Å². The van der Waals surface area contributed by atoms with E-state index >= 15 is 0 Å². The molecular weight excluding hydrogens is 737 g/mol. The zero-order valence-electron chi connectivity index (χ0n) is 31.8. The Bertz CT molecular complexity index is 4050. The Morgan fingerprint density at radius 3 is 1.60 bits per heavy atom. The Kier molecular flexibility index (Phi) is 5.67. The molecule has 6 heteroatoms. The van der Waals surface area contributed by atoms with Crippen LogP contribution in [0.2, 0.25) is 0 Å². The fourth-order valence-electron chi connectivity index (χ4n) is 10.7. The monoisotopic (exact) mass is 765 g/mol. The van der Waals surface area contributed by atoms with Gasteiger partial charge in [-0.15, -0.1) is 0 Å². The van der Waals surface area contributed by atoms with Crippen LogP contribution in [0.4, 0.5) is 17.1 Å². The van der Waals surface area contributed by atoms with Crippen LogP contribution in [0.1, 0.15) is 0 Å². The standard InChI is InChI=1S/C54H28BNO4/c1-5-15-45-32(10-1)37-24-30(20-21-49(37)57-45)56-43-26-39-34-12-3-7-17-47(34)60-52(39)28-42(43)55-41-27-51-38(33-11-2-6-16-46(33)59-51)25-36(41)40-22-29(23-44(56)54(40)55)31-14-9-19-50-53(31)35-13-4-8-18-48(35)58-50/h1-28H. The first kappa shape index (κ1) is 31.1. The van der Waals surface area contributed by atoms with Crippen molar-refractivity contribution in [2.75, 3.05) is 4.90 Å². The van der Waals surface area contributed by atoms with Crippen LogP contribution in [0, 0.1) is 0 Å². The van der Waals surface area contributed by atoms with Crippen LogP contribution >= 0.6 is 0 Å². The van der Waals surface area contributed by atoms with Crippen molar-refractivity contribution in [3.63, 3.8) is 0 Å². The molecule has 0 radical (unpaired) electrons. The molecule has 0 aliphatic carbocycles. The fraction of sp³-hybridized carbons (Fsp3) is 0. The Labute approximate surface area is 341 Å². The van der Waals surface area contributed by atoms with E-state index in [-0.39, 0.29) is 6.71 Å². The zero-order chi connectivity index (χ0) is 38.8. The maximum Gasteiger partial charge on any atom is 0.248 e. The molecule has 0 atom stereocenters. The highest BCUT2D eigenvalue weighted by molar-refractivity contribution is 7.01. The van der Waals surface area contributed by atoms with Crippen molar-refractivity contribution in [1.82, 2.24) is 0 Å². The zero-order valence-corrected chi connectivity index (χ0v) is 31.8. The maximum atomic E-state index is 6.64. The number of rotatable bonds is 2. The van der Waals surface area contributed by atoms with Gasteiger partial charge < -0.3 is 22.6 Å². The molecule has 15 rings (SSSR count). The van der Waals surface area contributed by atoms with E-state index in [1.807, 2.05) is 30.3 Å². The molecule has 0 unspecified atom stereocenters. The van der Waals surface area contributed by atoms with Crippen molar-refractivity contribution in [3.05, 3.63) is 170 Å². The molecule has 0 fully saturated rings. The highest BCUT2D eigenvalue weighted by atomic mass is 16.3. The van der Waals surface area contributed by atoms with E-state index in [1.165, 1.54) is 27.5 Å². The van der Waals surface area contributed by atoms with Crippen LogP contribution in [-0.2, 0) is 0 Å². The second kappa shape index (κ2) is 11.0. The van der Waals surface area contributed by atoms with Gasteiger partial charge in [0.1, 0.15) is 44.7 Å². The van der Waals surface area contributed by atoms with E-state index in [4.69, 9.17) is 17.7 Å². The van der Waals surface area contributed by atoms with Crippen LogP contribution in [-0.4, -0.2) is 6.71 Å². The average Bonchev–Trinajstić information content (AvgIpc) is 4.10. The molecule has 6 heterocycles. The lowest BCUT2D eigenvalue weighted by Gasteiger charge is -2.36. The van der Waals surface area contributed by atoms with Gasteiger partial charge in [0, 0.05) is 60.2 Å². The van der Waals surface area contributed by atoms with Crippen molar-refractivity contribution >= 4 is 128 Å². The van der Waals surface area contributed by atoms with Crippen molar-refractivity contribution in [3.8, 4) is 22.3 Å². The molecule has 0 saturated heterocycles. The van der Waals surface area contributed by atoms with Crippen LogP contribution < -0.4 is 21.3 Å². The number of furan rings is 4. The molecule has 5 nitrogen and oxygen atoms in total. The maximum absolute atomic E-state index is 6.64. The lowest BCUT2D eigenvalue weighted by Crippen LogP contribution is -2.54. The Hall–Kier alpha value is -7.96. The molecule has 0 amide bonds. The molecular formula is C54H28BNO4. The molecule has 2 aliphatic heterocycles. The second-order valence-corrected chi connectivity index (χ2v) is 16.3. The first-order valence-electron chi connectivity index (χ1n) is 20.4. The molecule has 9 aromatic carbocycles. The molecule has 276 valence electrons. The van der Waals surface area contributed by atoms with Gasteiger partial charge in [0.15, 0.2) is 0 Å². The number of nitrogens with zero attached hydrogens (tertiary/aromatic N) is 1. The van der Waals surface area contributed by atoms with E-state index in [2.05, 4.69) is 144 Å². The topological polar surface area (TPSA) is 55.8 Å². The Morgan fingerprint density at radius 2 is 0.883 bits per heavy atom. The van der Waals surface area contributed by atoms with Gasteiger partial charge in [0.25, 0.3) is 0 Å². The average molecular weight is 766 g/mol. The summed E-state index contributed by atoms with van der Waals surface area (Å²) < 4.78 is 26.1. The van der Waals surface area contributed by atoms with Crippen molar-refractivity contribution in [2.24, 2.45) is 0 Å². The van der Waals surface area contributed by atoms with E-state index in [0.717, 1.165) is 116 Å². The summed E-state index contributed by atoms with van der Waals surface area (Å²) >= 11 is 0. The van der Waals surface area contributed by atoms with E-state index in [1.54, 1.807) is 0 Å². The van der Waals surface area contributed by atoms with Crippen LogP contribution in [0.25, 0.3) is 110 Å². The van der Waals surface area contributed by atoms with E-state index in [0.29, 0.717) is 0 Å². The van der Waals surface area contributed by atoms with Gasteiger partial charge in [0.05, 0.1) is 0 Å². The lowest BCUT2D eigenvalue weighted by molar-refractivity contribution is 0.668. The first-order chi connectivity index (χ1) is 29.7. The fourth-order valence-corrected chi connectivity index (χ4v) is 10.7. The van der Waals surface area contributed by atoms with Crippen molar-refractivity contribution in [2.45, 2.75) is 0 Å². The third kappa shape index (κ3) is 3.93. The number of benzene rings is 9. The van der Waals surface area contributed by atoms with Gasteiger partial charge >= 0.3 is 0 Å². The van der Waals surface area contributed by atoms with E-state index in [9.17, 15) is 0 Å². The minimum Gasteiger partial charge on any atom is -0.456 e. The lowest BCUT2D eigenvalue weighted by atomic mass is 9.37. The smallest absolute Gasteiger partial charge is 0.248 e. The Morgan fingerprint density at radius 1 is 0.333 bits per heavy atom. The van der Waals surface area contributed by atoms with Gasteiger partial charge in [-0.2, -0.15) is 0 Å². The van der Waals surface area contributed by atoms with Crippen molar-refractivity contribution in [1.29, 1.82) is 0 Å². The van der Waals surface area contributed by atoms with Gasteiger partial charge in [0.2, 0.25) is 6.71 Å². The summed E-state index contributed by atoms with van der Waals surface area (Å²) in [6.07, 6.45) is 0. The number of anilines is 3. The van der Waals surface area contributed by atoms with Crippen LogP contribution in [0.3, 0.4) is 0 Å². The highest BCUT2D eigenvalue weighted by Gasteiger charge is 2.44. The first-order valence-corrected chi connectivity index (χ1v) is 20.4. The van der Waals surface area contributed by atoms with Gasteiger partial charge in [-0.25, -0.2) is 0 Å². The summed E-state index contributed by atoms with van der Waals surface area (Å²) in [5.74, 6) is 0. The number of hydrogen-bond donors (Lipinski definition) is 0. The quantitative estimate of drug-likeness (QED) is 0.164. The third-order valence-electron chi connectivity index (χ3n) is 13.2. The van der Waals surface area contributed by atoms with Gasteiger partial charge in [-0.1, -0.05) is 90.4 Å². The summed E-state index contributed by atoms with van der Waals surface area (Å²) in [6.45, 7) is -0.0652. The largest absolute Gasteiger partial charge is 0.456 e. The normalized spacial score (nSPS) is 13.3. The van der Waals surface area contributed by atoms with Crippen molar-refractivity contribution < 1.29 is 17.7 Å². The van der Waals surface area contributed by atoms with Gasteiger partial charge in [-0.05, 0) is 118 Å². The molecule has 2 aliphatic rings. The molecule has 4 aromatic heterocycles. The molecule has 0 N–H and O–H groups in total. The summed E-state index contributed by atoms with van der Waals surface area (Å²) in [5, 5.41) is 8.83. The highest BCUT2D eigenvalue weighted by Crippen LogP contribution is 2.48. The summed E-state index contributed by atoms with van der Waals surface area (Å²) in [7, 11) is 0. The second-order valence-electron chi connectivity index (χ2n) is 16.3. The predicted octanol–water partition coefficient (Wildman–Crippen LogP) is 13.2. The SMILES string of the molecule is c1ccc2c(c1)oc1ccc(N3c4cc5c(cc4B4c6cc7oc8ccccc8c7cc6-c6cc(-c7cccc8oc9ccccc9c78)cc3c64)oc3ccccc35)cc12.